The molecule has 0 unspecified atom stereocenters. The number of benzene rings is 1. The number of halogens is 1. The van der Waals surface area contributed by atoms with Crippen LogP contribution in [0.3, 0.4) is 0 Å². The zero-order valence-corrected chi connectivity index (χ0v) is 17.1. The molecule has 0 aliphatic rings. The maximum Gasteiger partial charge on any atom is 0.265 e. The smallest absolute Gasteiger partial charge is 0.265 e. The SMILES string of the molecule is Cc1nc(Oc2ccc(NC(=O)c3cc(Br)cs3)cc2)cc(-n2cccn2)n1. The summed E-state index contributed by atoms with van der Waals surface area (Å²) in [5.41, 5.74) is 0.679. The Morgan fingerprint density at radius 3 is 2.71 bits per heavy atom. The van der Waals surface area contributed by atoms with Crippen LogP contribution in [0.4, 0.5) is 5.69 Å². The van der Waals surface area contributed by atoms with Crippen LogP contribution >= 0.6 is 27.3 Å². The van der Waals surface area contributed by atoms with Crippen molar-refractivity contribution in [2.24, 2.45) is 0 Å². The Morgan fingerprint density at radius 2 is 2.04 bits per heavy atom. The average Bonchev–Trinajstić information content (AvgIpc) is 3.35. The summed E-state index contributed by atoms with van der Waals surface area (Å²) in [6, 6.07) is 12.4. The minimum atomic E-state index is -0.153. The first-order valence-electron chi connectivity index (χ1n) is 8.26. The van der Waals surface area contributed by atoms with Gasteiger partial charge in [0.2, 0.25) is 5.88 Å². The van der Waals surface area contributed by atoms with Crippen molar-refractivity contribution in [3.8, 4) is 17.4 Å². The summed E-state index contributed by atoms with van der Waals surface area (Å²) < 4.78 is 8.37. The van der Waals surface area contributed by atoms with E-state index in [1.807, 2.05) is 11.4 Å². The summed E-state index contributed by atoms with van der Waals surface area (Å²) in [4.78, 5) is 21.5. The van der Waals surface area contributed by atoms with E-state index >= 15 is 0 Å². The van der Waals surface area contributed by atoms with Crippen LogP contribution in [0.1, 0.15) is 15.5 Å². The number of amides is 1. The van der Waals surface area contributed by atoms with Gasteiger partial charge in [0.05, 0.1) is 4.88 Å². The Kier molecular flexibility index (Phi) is 5.18. The molecule has 0 radical (unpaired) electrons. The third kappa shape index (κ3) is 4.26. The van der Waals surface area contributed by atoms with Gasteiger partial charge in [-0.25, -0.2) is 9.67 Å². The summed E-state index contributed by atoms with van der Waals surface area (Å²) in [6.07, 6.45) is 3.48. The quantitative estimate of drug-likeness (QED) is 0.465. The Hall–Kier alpha value is -3.04. The van der Waals surface area contributed by atoms with E-state index in [0.29, 0.717) is 33.8 Å². The molecule has 1 aromatic carbocycles. The number of carbonyl (C=O) groups is 1. The van der Waals surface area contributed by atoms with Gasteiger partial charge in [0.15, 0.2) is 5.82 Å². The second-order valence-corrected chi connectivity index (χ2v) is 7.60. The van der Waals surface area contributed by atoms with Gasteiger partial charge in [0, 0.05) is 34.0 Å². The molecule has 0 bridgehead atoms. The van der Waals surface area contributed by atoms with E-state index in [-0.39, 0.29) is 5.91 Å². The van der Waals surface area contributed by atoms with E-state index in [0.717, 1.165) is 4.47 Å². The normalized spacial score (nSPS) is 10.6. The molecule has 0 aliphatic carbocycles. The number of thiophene rings is 1. The van der Waals surface area contributed by atoms with Gasteiger partial charge in [0.25, 0.3) is 5.91 Å². The third-order valence-corrected chi connectivity index (χ3v) is 5.36. The molecule has 0 saturated carbocycles. The predicted molar refractivity (Wildman–Crippen MR) is 110 cm³/mol. The zero-order valence-electron chi connectivity index (χ0n) is 14.7. The Labute approximate surface area is 173 Å². The second kappa shape index (κ2) is 7.91. The van der Waals surface area contributed by atoms with E-state index < -0.39 is 0 Å². The molecule has 1 amide bonds. The standard InChI is InChI=1S/C19H14BrN5O2S/c1-12-22-17(25-8-2-7-21-25)10-18(23-12)27-15-5-3-14(4-6-15)24-19(26)16-9-13(20)11-28-16/h2-11H,1H3,(H,24,26). The van der Waals surface area contributed by atoms with Gasteiger partial charge in [0.1, 0.15) is 11.6 Å². The molecule has 0 atom stereocenters. The molecule has 140 valence electrons. The van der Waals surface area contributed by atoms with Gasteiger partial charge < -0.3 is 10.1 Å². The van der Waals surface area contributed by atoms with Crippen LogP contribution in [0.15, 0.2) is 64.7 Å². The number of nitrogens with one attached hydrogen (secondary N) is 1. The lowest BCUT2D eigenvalue weighted by atomic mass is 10.3. The lowest BCUT2D eigenvalue weighted by Gasteiger charge is -2.09. The van der Waals surface area contributed by atoms with Crippen molar-refractivity contribution in [3.05, 3.63) is 75.4 Å². The molecule has 7 nitrogen and oxygen atoms in total. The fraction of sp³-hybridized carbons (Fsp3) is 0.0526. The van der Waals surface area contributed by atoms with E-state index in [2.05, 4.69) is 36.3 Å². The first-order chi connectivity index (χ1) is 13.6. The van der Waals surface area contributed by atoms with Crippen molar-refractivity contribution in [2.45, 2.75) is 6.92 Å². The molecular weight excluding hydrogens is 442 g/mol. The molecule has 4 aromatic rings. The van der Waals surface area contributed by atoms with E-state index in [4.69, 9.17) is 4.74 Å². The van der Waals surface area contributed by atoms with Gasteiger partial charge in [-0.2, -0.15) is 10.1 Å². The van der Waals surface area contributed by atoms with Crippen LogP contribution < -0.4 is 10.1 Å². The summed E-state index contributed by atoms with van der Waals surface area (Å²) in [7, 11) is 0. The zero-order chi connectivity index (χ0) is 19.5. The first-order valence-corrected chi connectivity index (χ1v) is 9.93. The van der Waals surface area contributed by atoms with Crippen LogP contribution in [-0.2, 0) is 0 Å². The molecule has 9 heteroatoms. The van der Waals surface area contributed by atoms with Crippen LogP contribution in [0.2, 0.25) is 0 Å². The fourth-order valence-electron chi connectivity index (χ4n) is 2.45. The van der Waals surface area contributed by atoms with Gasteiger partial charge in [-0.1, -0.05) is 0 Å². The monoisotopic (exact) mass is 455 g/mol. The van der Waals surface area contributed by atoms with Crippen molar-refractivity contribution in [1.29, 1.82) is 0 Å². The van der Waals surface area contributed by atoms with Crippen LogP contribution in [-0.4, -0.2) is 25.7 Å². The maximum atomic E-state index is 12.2. The molecule has 3 aromatic heterocycles. The number of ether oxygens (including phenoxy) is 1. The van der Waals surface area contributed by atoms with Gasteiger partial charge in [-0.05, 0) is 59.3 Å². The second-order valence-electron chi connectivity index (χ2n) is 5.77. The minimum absolute atomic E-state index is 0.153. The van der Waals surface area contributed by atoms with E-state index in [9.17, 15) is 4.79 Å². The van der Waals surface area contributed by atoms with E-state index in [1.54, 1.807) is 60.4 Å². The first kappa shape index (κ1) is 18.3. The maximum absolute atomic E-state index is 12.2. The van der Waals surface area contributed by atoms with Gasteiger partial charge >= 0.3 is 0 Å². The third-order valence-electron chi connectivity index (χ3n) is 3.67. The van der Waals surface area contributed by atoms with Gasteiger partial charge in [-0.15, -0.1) is 11.3 Å². The van der Waals surface area contributed by atoms with Crippen molar-refractivity contribution < 1.29 is 9.53 Å². The number of aromatic nitrogens is 4. The Bertz CT molecular complexity index is 1110. The molecule has 3 heterocycles. The number of hydrogen-bond donors (Lipinski definition) is 1. The summed E-state index contributed by atoms with van der Waals surface area (Å²) in [6.45, 7) is 1.79. The minimum Gasteiger partial charge on any atom is -0.439 e. The highest BCUT2D eigenvalue weighted by Crippen LogP contribution is 2.24. The van der Waals surface area contributed by atoms with Crippen LogP contribution in [0.5, 0.6) is 11.6 Å². The average molecular weight is 456 g/mol. The van der Waals surface area contributed by atoms with Crippen molar-refractivity contribution in [2.75, 3.05) is 5.32 Å². The fourth-order valence-corrected chi connectivity index (χ4v) is 3.77. The number of anilines is 1. The molecule has 0 saturated heterocycles. The molecule has 0 fully saturated rings. The van der Waals surface area contributed by atoms with Crippen molar-refractivity contribution in [1.82, 2.24) is 19.7 Å². The molecule has 0 spiro atoms. The molecule has 28 heavy (non-hydrogen) atoms. The number of aryl methyl sites for hydroxylation is 1. The van der Waals surface area contributed by atoms with Crippen molar-refractivity contribution >= 4 is 38.9 Å². The summed E-state index contributed by atoms with van der Waals surface area (Å²) in [5, 5.41) is 8.90. The van der Waals surface area contributed by atoms with E-state index in [1.165, 1.54) is 11.3 Å². The topological polar surface area (TPSA) is 81.9 Å². The highest BCUT2D eigenvalue weighted by Gasteiger charge is 2.10. The molecule has 0 aliphatic heterocycles. The number of rotatable bonds is 5. The highest BCUT2D eigenvalue weighted by atomic mass is 79.9. The number of nitrogens with zero attached hydrogens (tertiary/aromatic N) is 4. The summed E-state index contributed by atoms with van der Waals surface area (Å²) >= 11 is 4.73. The lowest BCUT2D eigenvalue weighted by molar-refractivity contribution is 0.103. The number of hydrogen-bond acceptors (Lipinski definition) is 6. The molecular formula is C19H14BrN5O2S. The molecule has 4 rings (SSSR count). The Balaban J connectivity index is 1.47. The van der Waals surface area contributed by atoms with Crippen LogP contribution in [0, 0.1) is 6.92 Å². The Morgan fingerprint density at radius 1 is 1.21 bits per heavy atom. The molecule has 1 N–H and O–H groups in total. The highest BCUT2D eigenvalue weighted by molar-refractivity contribution is 9.10. The van der Waals surface area contributed by atoms with Crippen LogP contribution in [0.25, 0.3) is 5.82 Å². The predicted octanol–water partition coefficient (Wildman–Crippen LogP) is 4.84. The summed E-state index contributed by atoms with van der Waals surface area (Å²) in [5.74, 6) is 2.06. The van der Waals surface area contributed by atoms with Crippen molar-refractivity contribution in [3.63, 3.8) is 0 Å². The number of carbonyl (C=O) groups excluding carboxylic acids is 1. The van der Waals surface area contributed by atoms with Gasteiger partial charge in [-0.3, -0.25) is 4.79 Å². The largest absolute Gasteiger partial charge is 0.439 e. The lowest BCUT2D eigenvalue weighted by Crippen LogP contribution is -2.09.